The molecule has 194 valence electrons. The number of aromatic nitrogens is 5. The highest BCUT2D eigenvalue weighted by atomic mass is 16.5. The zero-order chi connectivity index (χ0) is 25.2. The van der Waals surface area contributed by atoms with Crippen molar-refractivity contribution in [2.24, 2.45) is 0 Å². The molecule has 0 radical (unpaired) electrons. The SMILES string of the molecule is COc1ccc2[nH]c(=O)c([C@H](c3nnnn3C3CCCC3)N(Cc3ccco3)C[C@H]3CCCO3)cc2c1. The molecule has 6 rings (SSSR count). The van der Waals surface area contributed by atoms with Gasteiger partial charge in [-0.1, -0.05) is 12.8 Å². The van der Waals surface area contributed by atoms with Crippen LogP contribution in [0, 0.1) is 0 Å². The smallest absolute Gasteiger partial charge is 0.253 e. The Labute approximate surface area is 214 Å². The van der Waals surface area contributed by atoms with Crippen LogP contribution in [-0.4, -0.2) is 56.5 Å². The molecule has 1 saturated heterocycles. The molecule has 1 aliphatic heterocycles. The Morgan fingerprint density at radius 3 is 2.84 bits per heavy atom. The number of methoxy groups -OCH3 is 1. The molecular weight excluding hydrogens is 472 g/mol. The lowest BCUT2D eigenvalue weighted by atomic mass is 10.0. The van der Waals surface area contributed by atoms with Crippen LogP contribution in [0.15, 0.2) is 51.9 Å². The molecule has 0 bridgehead atoms. The van der Waals surface area contributed by atoms with Gasteiger partial charge in [0.05, 0.1) is 32.1 Å². The van der Waals surface area contributed by atoms with Crippen molar-refractivity contribution in [2.45, 2.75) is 63.3 Å². The first kappa shape index (κ1) is 23.9. The molecule has 1 aromatic carbocycles. The lowest BCUT2D eigenvalue weighted by molar-refractivity contribution is 0.0541. The second-order valence-electron chi connectivity index (χ2n) is 9.97. The van der Waals surface area contributed by atoms with Crippen LogP contribution in [0.4, 0.5) is 0 Å². The van der Waals surface area contributed by atoms with E-state index in [1.165, 1.54) is 0 Å². The predicted octanol–water partition coefficient (Wildman–Crippen LogP) is 4.00. The van der Waals surface area contributed by atoms with Gasteiger partial charge >= 0.3 is 0 Å². The van der Waals surface area contributed by atoms with E-state index in [1.807, 2.05) is 41.1 Å². The number of tetrazole rings is 1. The predicted molar refractivity (Wildman–Crippen MR) is 136 cm³/mol. The Kier molecular flexibility index (Phi) is 6.75. The van der Waals surface area contributed by atoms with E-state index in [0.29, 0.717) is 24.5 Å². The molecule has 0 spiro atoms. The summed E-state index contributed by atoms with van der Waals surface area (Å²) in [4.78, 5) is 19.0. The van der Waals surface area contributed by atoms with Gasteiger partial charge in [-0.25, -0.2) is 4.68 Å². The highest BCUT2D eigenvalue weighted by Crippen LogP contribution is 2.35. The average molecular weight is 505 g/mol. The number of nitrogens with zero attached hydrogens (tertiary/aromatic N) is 5. The van der Waals surface area contributed by atoms with Gasteiger partial charge in [-0.05, 0) is 72.5 Å². The van der Waals surface area contributed by atoms with Gasteiger partial charge in [-0.2, -0.15) is 0 Å². The van der Waals surface area contributed by atoms with Gasteiger partial charge in [0, 0.05) is 29.6 Å². The monoisotopic (exact) mass is 504 g/mol. The Morgan fingerprint density at radius 2 is 2.08 bits per heavy atom. The first-order valence-corrected chi connectivity index (χ1v) is 13.1. The van der Waals surface area contributed by atoms with E-state index in [4.69, 9.17) is 13.9 Å². The summed E-state index contributed by atoms with van der Waals surface area (Å²) in [5.74, 6) is 2.20. The van der Waals surface area contributed by atoms with Crippen molar-refractivity contribution >= 4 is 10.9 Å². The normalized spacial score (nSPS) is 19.2. The van der Waals surface area contributed by atoms with Crippen LogP contribution in [0.5, 0.6) is 5.75 Å². The summed E-state index contributed by atoms with van der Waals surface area (Å²) < 4.78 is 19.2. The lowest BCUT2D eigenvalue weighted by Crippen LogP contribution is -2.39. The second-order valence-corrected chi connectivity index (χ2v) is 9.97. The van der Waals surface area contributed by atoms with E-state index in [1.54, 1.807) is 13.4 Å². The minimum atomic E-state index is -0.496. The molecule has 2 fully saturated rings. The van der Waals surface area contributed by atoms with Crippen LogP contribution in [0.2, 0.25) is 0 Å². The van der Waals surface area contributed by atoms with Gasteiger partial charge in [-0.3, -0.25) is 9.69 Å². The van der Waals surface area contributed by atoms with Gasteiger partial charge in [0.15, 0.2) is 5.82 Å². The number of benzene rings is 1. The van der Waals surface area contributed by atoms with E-state index in [-0.39, 0.29) is 17.7 Å². The van der Waals surface area contributed by atoms with Crippen molar-refractivity contribution in [3.05, 3.63) is 70.2 Å². The maximum Gasteiger partial charge on any atom is 0.253 e. The maximum absolute atomic E-state index is 13.7. The standard InChI is InChI=1S/C27H32N6O4/c1-35-20-10-11-24-18(14-20)15-23(27(34)28-24)25(26-29-30-31-33(26)19-6-2-3-7-19)32(16-21-8-4-12-36-21)17-22-9-5-13-37-22/h4,8,10-12,14-15,19,22,25H,2-3,5-7,9,13,16-17H2,1H3,(H,28,34)/t22-,25-/m1/s1. The second kappa shape index (κ2) is 10.5. The third-order valence-corrected chi connectivity index (χ3v) is 7.57. The number of nitrogens with one attached hydrogen (secondary N) is 1. The van der Waals surface area contributed by atoms with E-state index in [9.17, 15) is 4.79 Å². The molecule has 37 heavy (non-hydrogen) atoms. The van der Waals surface area contributed by atoms with Crippen LogP contribution in [-0.2, 0) is 11.3 Å². The summed E-state index contributed by atoms with van der Waals surface area (Å²) in [5, 5.41) is 13.9. The van der Waals surface area contributed by atoms with Crippen molar-refractivity contribution in [2.75, 3.05) is 20.3 Å². The number of H-pyrrole nitrogens is 1. The molecule has 2 atom stereocenters. The molecule has 2 aliphatic rings. The van der Waals surface area contributed by atoms with Crippen LogP contribution < -0.4 is 10.3 Å². The number of hydrogen-bond donors (Lipinski definition) is 1. The molecule has 1 saturated carbocycles. The third kappa shape index (κ3) is 4.91. The summed E-state index contributed by atoms with van der Waals surface area (Å²) in [6.07, 6.45) is 8.09. The van der Waals surface area contributed by atoms with Crippen molar-refractivity contribution in [1.29, 1.82) is 0 Å². The van der Waals surface area contributed by atoms with Crippen LogP contribution in [0.25, 0.3) is 10.9 Å². The number of rotatable bonds is 9. The topological polar surface area (TPSA) is 111 Å². The number of fused-ring (bicyclic) bond motifs is 1. The lowest BCUT2D eigenvalue weighted by Gasteiger charge is -2.32. The zero-order valence-corrected chi connectivity index (χ0v) is 21.0. The Morgan fingerprint density at radius 1 is 1.19 bits per heavy atom. The molecule has 0 unspecified atom stereocenters. The largest absolute Gasteiger partial charge is 0.497 e. The minimum Gasteiger partial charge on any atom is -0.497 e. The zero-order valence-electron chi connectivity index (χ0n) is 21.0. The van der Waals surface area contributed by atoms with Gasteiger partial charge in [-0.15, -0.1) is 5.10 Å². The van der Waals surface area contributed by atoms with Crippen LogP contribution in [0.1, 0.15) is 67.8 Å². The molecule has 4 heterocycles. The fourth-order valence-electron chi connectivity index (χ4n) is 5.73. The number of furan rings is 1. The van der Waals surface area contributed by atoms with E-state index in [2.05, 4.69) is 25.4 Å². The first-order valence-electron chi connectivity index (χ1n) is 13.1. The van der Waals surface area contributed by atoms with Gasteiger partial charge in [0.2, 0.25) is 0 Å². The molecule has 1 N–H and O–H groups in total. The number of pyridine rings is 1. The average Bonchev–Trinajstić information content (AvgIpc) is 3.73. The van der Waals surface area contributed by atoms with Crippen molar-refractivity contribution in [1.82, 2.24) is 30.1 Å². The Bertz CT molecular complexity index is 1390. The van der Waals surface area contributed by atoms with Gasteiger partial charge in [0.1, 0.15) is 17.6 Å². The quantitative estimate of drug-likeness (QED) is 0.364. The van der Waals surface area contributed by atoms with E-state index in [0.717, 1.165) is 67.5 Å². The molecule has 10 nitrogen and oxygen atoms in total. The fraction of sp³-hybridized carbons (Fsp3) is 0.481. The van der Waals surface area contributed by atoms with Gasteiger partial charge < -0.3 is 18.9 Å². The Balaban J connectivity index is 1.50. The summed E-state index contributed by atoms with van der Waals surface area (Å²) in [6, 6.07) is 11.1. The summed E-state index contributed by atoms with van der Waals surface area (Å²) in [7, 11) is 1.64. The highest BCUT2D eigenvalue weighted by molar-refractivity contribution is 5.80. The fourth-order valence-corrected chi connectivity index (χ4v) is 5.73. The van der Waals surface area contributed by atoms with Crippen molar-refractivity contribution in [3.63, 3.8) is 0 Å². The van der Waals surface area contributed by atoms with Crippen LogP contribution >= 0.6 is 0 Å². The summed E-state index contributed by atoms with van der Waals surface area (Å²) in [5.41, 5.74) is 1.17. The first-order chi connectivity index (χ1) is 18.2. The van der Waals surface area contributed by atoms with Crippen molar-refractivity contribution < 1.29 is 13.9 Å². The molecule has 3 aromatic heterocycles. The van der Waals surface area contributed by atoms with Crippen LogP contribution in [0.3, 0.4) is 0 Å². The highest BCUT2D eigenvalue weighted by Gasteiger charge is 2.35. The molecule has 1 aliphatic carbocycles. The molecular formula is C27H32N6O4. The number of aromatic amines is 1. The molecule has 4 aromatic rings. The number of hydrogen-bond acceptors (Lipinski definition) is 8. The third-order valence-electron chi connectivity index (χ3n) is 7.57. The summed E-state index contributed by atoms with van der Waals surface area (Å²) in [6.45, 7) is 1.86. The minimum absolute atomic E-state index is 0.0629. The van der Waals surface area contributed by atoms with Gasteiger partial charge in [0.25, 0.3) is 5.56 Å². The Hall–Kier alpha value is -3.50. The molecule has 0 amide bonds. The molecule has 10 heteroatoms. The van der Waals surface area contributed by atoms with E-state index >= 15 is 0 Å². The summed E-state index contributed by atoms with van der Waals surface area (Å²) >= 11 is 0. The van der Waals surface area contributed by atoms with Crippen molar-refractivity contribution in [3.8, 4) is 5.75 Å². The maximum atomic E-state index is 13.7. The number of ether oxygens (including phenoxy) is 2. The van der Waals surface area contributed by atoms with E-state index < -0.39 is 6.04 Å².